The van der Waals surface area contributed by atoms with Gasteiger partial charge in [0.25, 0.3) is 0 Å². The van der Waals surface area contributed by atoms with Crippen LogP contribution < -0.4 is 0 Å². The summed E-state index contributed by atoms with van der Waals surface area (Å²) in [5.41, 5.74) is 3.77. The number of aromatic nitrogens is 1. The summed E-state index contributed by atoms with van der Waals surface area (Å²) in [4.78, 5) is 3.94. The Morgan fingerprint density at radius 3 is 2.74 bits per heavy atom. The van der Waals surface area contributed by atoms with Gasteiger partial charge in [0, 0.05) is 12.4 Å². The van der Waals surface area contributed by atoms with Crippen LogP contribution in [0.15, 0.2) is 60.4 Å². The first-order valence-electron chi connectivity index (χ1n) is 6.05. The van der Waals surface area contributed by atoms with Crippen molar-refractivity contribution in [2.45, 2.75) is 6.92 Å². The minimum absolute atomic E-state index is 0.589. The van der Waals surface area contributed by atoms with Crippen LogP contribution >= 0.6 is 0 Å². The van der Waals surface area contributed by atoms with Gasteiger partial charge >= 0.3 is 0 Å². The topological polar surface area (TPSA) is 36.7 Å². The van der Waals surface area contributed by atoms with Crippen LogP contribution in [-0.4, -0.2) is 4.98 Å². The number of nitriles is 1. The van der Waals surface area contributed by atoms with Crippen LogP contribution in [0.2, 0.25) is 0 Å². The quantitative estimate of drug-likeness (QED) is 0.765. The summed E-state index contributed by atoms with van der Waals surface area (Å²) in [5.74, 6) is 0. The molecule has 0 bridgehead atoms. The highest BCUT2D eigenvalue weighted by molar-refractivity contribution is 5.63. The third-order valence-electron chi connectivity index (χ3n) is 2.69. The Hall–Kier alpha value is -2.66. The molecular formula is C17H14N2. The van der Waals surface area contributed by atoms with Crippen LogP contribution in [0.25, 0.3) is 12.2 Å². The zero-order valence-electron chi connectivity index (χ0n) is 10.7. The summed E-state index contributed by atoms with van der Waals surface area (Å²) < 4.78 is 0. The molecule has 2 heteroatoms. The van der Waals surface area contributed by atoms with E-state index in [4.69, 9.17) is 5.26 Å². The van der Waals surface area contributed by atoms with E-state index in [1.807, 2.05) is 43.3 Å². The molecule has 0 amide bonds. The number of hydrogen-bond acceptors (Lipinski definition) is 2. The highest BCUT2D eigenvalue weighted by atomic mass is 14.6. The monoisotopic (exact) mass is 246 g/mol. The second-order valence-electron chi connectivity index (χ2n) is 4.21. The Labute approximate surface area is 113 Å². The first kappa shape index (κ1) is 12.8. The fraction of sp³-hybridized carbons (Fsp3) is 0.0588. The van der Waals surface area contributed by atoms with Gasteiger partial charge in [-0.25, -0.2) is 0 Å². The highest BCUT2D eigenvalue weighted by Gasteiger charge is 1.96. The second-order valence-corrected chi connectivity index (χ2v) is 4.21. The third kappa shape index (κ3) is 3.65. The van der Waals surface area contributed by atoms with Gasteiger partial charge in [-0.1, -0.05) is 54.1 Å². The van der Waals surface area contributed by atoms with Crippen molar-refractivity contribution in [3.8, 4) is 6.07 Å². The van der Waals surface area contributed by atoms with Gasteiger partial charge in [0.05, 0.1) is 5.56 Å². The number of nitrogens with zero attached hydrogens (tertiary/aromatic N) is 2. The van der Waals surface area contributed by atoms with Gasteiger partial charge in [0.15, 0.2) is 0 Å². The van der Waals surface area contributed by atoms with Crippen molar-refractivity contribution in [2.24, 2.45) is 0 Å². The van der Waals surface area contributed by atoms with Crippen molar-refractivity contribution in [1.82, 2.24) is 4.98 Å². The third-order valence-corrected chi connectivity index (χ3v) is 2.69. The van der Waals surface area contributed by atoms with E-state index in [9.17, 15) is 0 Å². The van der Waals surface area contributed by atoms with E-state index in [0.29, 0.717) is 5.56 Å². The fourth-order valence-electron chi connectivity index (χ4n) is 1.73. The van der Waals surface area contributed by atoms with Gasteiger partial charge in [0.2, 0.25) is 0 Å². The standard InChI is InChI=1S/C17H14N2/c1-14(11-15-5-3-2-4-6-15)7-8-16-9-10-19-13-17(16)12-18/h2-11,13H,1H3/b8-7+,14-11-. The van der Waals surface area contributed by atoms with E-state index >= 15 is 0 Å². The summed E-state index contributed by atoms with van der Waals surface area (Å²) in [5, 5.41) is 8.98. The summed E-state index contributed by atoms with van der Waals surface area (Å²) in [7, 11) is 0. The molecule has 92 valence electrons. The average Bonchev–Trinajstić information content (AvgIpc) is 2.46. The Bertz CT molecular complexity index is 646. The number of allylic oxidation sites excluding steroid dienone is 2. The molecule has 19 heavy (non-hydrogen) atoms. The summed E-state index contributed by atoms with van der Waals surface area (Å²) in [6.45, 7) is 2.04. The van der Waals surface area contributed by atoms with Gasteiger partial charge in [-0.05, 0) is 24.1 Å². The maximum Gasteiger partial charge on any atom is 0.101 e. The molecule has 0 saturated carbocycles. The van der Waals surface area contributed by atoms with Crippen LogP contribution in [0.5, 0.6) is 0 Å². The second kappa shape index (κ2) is 6.32. The predicted octanol–water partition coefficient (Wildman–Crippen LogP) is 4.07. The lowest BCUT2D eigenvalue weighted by Crippen LogP contribution is -1.83. The van der Waals surface area contributed by atoms with Crippen molar-refractivity contribution in [2.75, 3.05) is 0 Å². The molecule has 0 aliphatic rings. The molecule has 0 aliphatic heterocycles. The molecule has 2 aromatic rings. The summed E-state index contributed by atoms with van der Waals surface area (Å²) in [6.07, 6.45) is 9.31. The molecule has 0 atom stereocenters. The van der Waals surface area contributed by atoms with Crippen LogP contribution in [0.3, 0.4) is 0 Å². The molecule has 0 saturated heterocycles. The van der Waals surface area contributed by atoms with E-state index in [1.165, 1.54) is 5.56 Å². The Kier molecular flexibility index (Phi) is 4.25. The molecule has 0 fully saturated rings. The Morgan fingerprint density at radius 2 is 2.00 bits per heavy atom. The maximum atomic E-state index is 8.98. The number of hydrogen-bond donors (Lipinski definition) is 0. The Balaban J connectivity index is 2.19. The first-order valence-corrected chi connectivity index (χ1v) is 6.05. The van der Waals surface area contributed by atoms with Crippen LogP contribution in [0, 0.1) is 11.3 Å². The van der Waals surface area contributed by atoms with Crippen molar-refractivity contribution in [3.63, 3.8) is 0 Å². The van der Waals surface area contributed by atoms with Crippen LogP contribution in [0.4, 0.5) is 0 Å². The highest BCUT2D eigenvalue weighted by Crippen LogP contribution is 2.12. The van der Waals surface area contributed by atoms with Crippen molar-refractivity contribution in [3.05, 3.63) is 77.1 Å². The lowest BCUT2D eigenvalue weighted by atomic mass is 10.1. The van der Waals surface area contributed by atoms with E-state index in [-0.39, 0.29) is 0 Å². The van der Waals surface area contributed by atoms with E-state index in [0.717, 1.165) is 11.1 Å². The molecule has 0 N–H and O–H groups in total. The van der Waals surface area contributed by atoms with Gasteiger partial charge in [-0.2, -0.15) is 5.26 Å². The van der Waals surface area contributed by atoms with Crippen LogP contribution in [-0.2, 0) is 0 Å². The molecule has 2 rings (SSSR count). The number of pyridine rings is 1. The fourth-order valence-corrected chi connectivity index (χ4v) is 1.73. The molecule has 2 nitrogen and oxygen atoms in total. The lowest BCUT2D eigenvalue weighted by Gasteiger charge is -1.97. The zero-order valence-corrected chi connectivity index (χ0v) is 10.7. The molecule has 1 aromatic carbocycles. The average molecular weight is 246 g/mol. The summed E-state index contributed by atoms with van der Waals surface area (Å²) in [6, 6.07) is 14.1. The summed E-state index contributed by atoms with van der Waals surface area (Å²) >= 11 is 0. The van der Waals surface area contributed by atoms with Crippen molar-refractivity contribution < 1.29 is 0 Å². The SMILES string of the molecule is CC(=C/c1ccccc1)/C=C/c1ccncc1C#N. The molecule has 0 aliphatic carbocycles. The predicted molar refractivity (Wildman–Crippen MR) is 78.1 cm³/mol. The lowest BCUT2D eigenvalue weighted by molar-refractivity contribution is 1.29. The maximum absolute atomic E-state index is 8.98. The smallest absolute Gasteiger partial charge is 0.101 e. The number of benzene rings is 1. The largest absolute Gasteiger partial charge is 0.263 e. The molecule has 1 heterocycles. The minimum atomic E-state index is 0.589. The molecule has 0 spiro atoms. The zero-order chi connectivity index (χ0) is 13.5. The van der Waals surface area contributed by atoms with Gasteiger partial charge in [-0.3, -0.25) is 4.98 Å². The Morgan fingerprint density at radius 1 is 1.21 bits per heavy atom. The van der Waals surface area contributed by atoms with E-state index in [1.54, 1.807) is 12.4 Å². The van der Waals surface area contributed by atoms with Crippen molar-refractivity contribution >= 4 is 12.2 Å². The first-order chi connectivity index (χ1) is 9.29. The molecular weight excluding hydrogens is 232 g/mol. The normalized spacial score (nSPS) is 11.5. The molecule has 0 unspecified atom stereocenters. The van der Waals surface area contributed by atoms with Gasteiger partial charge in [0.1, 0.15) is 6.07 Å². The molecule has 1 aromatic heterocycles. The van der Waals surface area contributed by atoms with Gasteiger partial charge in [-0.15, -0.1) is 0 Å². The van der Waals surface area contributed by atoms with Crippen LogP contribution in [0.1, 0.15) is 23.6 Å². The van der Waals surface area contributed by atoms with Gasteiger partial charge < -0.3 is 0 Å². The van der Waals surface area contributed by atoms with E-state index < -0.39 is 0 Å². The number of rotatable bonds is 3. The molecule has 0 radical (unpaired) electrons. The van der Waals surface area contributed by atoms with Crippen molar-refractivity contribution in [1.29, 1.82) is 5.26 Å². The van der Waals surface area contributed by atoms with E-state index in [2.05, 4.69) is 29.3 Å². The minimum Gasteiger partial charge on any atom is -0.263 e.